The van der Waals surface area contributed by atoms with Gasteiger partial charge in [-0.3, -0.25) is 0 Å². The van der Waals surface area contributed by atoms with E-state index in [1.807, 2.05) is 7.05 Å². The second-order valence-corrected chi connectivity index (χ2v) is 3.75. The van der Waals surface area contributed by atoms with E-state index in [9.17, 15) is 0 Å². The van der Waals surface area contributed by atoms with E-state index in [2.05, 4.69) is 33.9 Å². The van der Waals surface area contributed by atoms with E-state index in [4.69, 9.17) is 5.26 Å². The summed E-state index contributed by atoms with van der Waals surface area (Å²) in [5.41, 5.74) is 0.185. The molecule has 1 unspecified atom stereocenters. The van der Waals surface area contributed by atoms with Crippen molar-refractivity contribution in [2.45, 2.75) is 33.7 Å². The van der Waals surface area contributed by atoms with Crippen LogP contribution < -0.4 is 0 Å². The molecule has 0 aliphatic heterocycles. The van der Waals surface area contributed by atoms with E-state index in [-0.39, 0.29) is 5.41 Å². The third-order valence-electron chi connectivity index (χ3n) is 1.99. The van der Waals surface area contributed by atoms with Crippen LogP contribution >= 0.6 is 0 Å². The van der Waals surface area contributed by atoms with E-state index >= 15 is 0 Å². The smallest absolute Gasteiger partial charge is 0.179 e. The average Bonchev–Trinajstić information content (AvgIpc) is 1.83. The van der Waals surface area contributed by atoms with E-state index in [0.29, 0.717) is 6.04 Å². The molecule has 0 fully saturated rings. The number of rotatable bonds is 1. The predicted octanol–water partition coefficient (Wildman–Crippen LogP) is 1.83. The van der Waals surface area contributed by atoms with Crippen molar-refractivity contribution >= 4 is 0 Å². The molecule has 0 aliphatic rings. The van der Waals surface area contributed by atoms with Gasteiger partial charge in [-0.2, -0.15) is 5.26 Å². The monoisotopic (exact) mass is 140 g/mol. The van der Waals surface area contributed by atoms with Gasteiger partial charge < -0.3 is 4.90 Å². The molecule has 0 radical (unpaired) electrons. The number of nitrogens with zero attached hydrogens (tertiary/aromatic N) is 2. The maximum Gasteiger partial charge on any atom is 0.179 e. The van der Waals surface area contributed by atoms with Gasteiger partial charge in [0.2, 0.25) is 0 Å². The van der Waals surface area contributed by atoms with E-state index in [1.165, 1.54) is 0 Å². The van der Waals surface area contributed by atoms with Crippen LogP contribution in [0.25, 0.3) is 0 Å². The molecular weight excluding hydrogens is 124 g/mol. The summed E-state index contributed by atoms with van der Waals surface area (Å²) >= 11 is 0. The van der Waals surface area contributed by atoms with Crippen molar-refractivity contribution in [3.63, 3.8) is 0 Å². The molecule has 0 aromatic rings. The van der Waals surface area contributed by atoms with Crippen molar-refractivity contribution in [1.29, 1.82) is 5.26 Å². The second kappa shape index (κ2) is 2.92. The van der Waals surface area contributed by atoms with Crippen LogP contribution in [0.15, 0.2) is 0 Å². The highest BCUT2D eigenvalue weighted by molar-refractivity contribution is 4.83. The zero-order chi connectivity index (χ0) is 8.36. The number of hydrogen-bond acceptors (Lipinski definition) is 2. The maximum atomic E-state index is 8.54. The summed E-state index contributed by atoms with van der Waals surface area (Å²) in [6.45, 7) is 8.45. The summed E-state index contributed by atoms with van der Waals surface area (Å²) in [4.78, 5) is 1.68. The third-order valence-corrected chi connectivity index (χ3v) is 1.99. The lowest BCUT2D eigenvalue weighted by Gasteiger charge is -2.31. The molecule has 2 nitrogen and oxygen atoms in total. The van der Waals surface area contributed by atoms with Gasteiger partial charge in [-0.25, -0.2) is 0 Å². The molecule has 0 aliphatic carbocycles. The van der Waals surface area contributed by atoms with Crippen LogP contribution in [0.3, 0.4) is 0 Å². The van der Waals surface area contributed by atoms with Gasteiger partial charge in [-0.15, -0.1) is 0 Å². The topological polar surface area (TPSA) is 27.0 Å². The summed E-state index contributed by atoms with van der Waals surface area (Å²) in [6.07, 6.45) is 2.10. The molecule has 58 valence electrons. The van der Waals surface area contributed by atoms with Crippen LogP contribution in [0.5, 0.6) is 0 Å². The molecule has 0 aromatic carbocycles. The van der Waals surface area contributed by atoms with Crippen LogP contribution in [0.4, 0.5) is 0 Å². The van der Waals surface area contributed by atoms with Crippen LogP contribution in [-0.2, 0) is 0 Å². The largest absolute Gasteiger partial charge is 0.310 e. The Bertz CT molecular complexity index is 138. The molecule has 0 amide bonds. The average molecular weight is 140 g/mol. The van der Waals surface area contributed by atoms with Crippen molar-refractivity contribution in [3.8, 4) is 6.19 Å². The highest BCUT2D eigenvalue weighted by Gasteiger charge is 2.22. The first-order valence-electron chi connectivity index (χ1n) is 3.52. The zero-order valence-electron chi connectivity index (χ0n) is 7.47. The molecule has 0 spiro atoms. The minimum Gasteiger partial charge on any atom is -0.310 e. The lowest BCUT2D eigenvalue weighted by atomic mass is 9.87. The molecule has 0 saturated carbocycles. The summed E-state index contributed by atoms with van der Waals surface area (Å²) < 4.78 is 0. The third kappa shape index (κ3) is 2.26. The molecule has 0 N–H and O–H groups in total. The Labute approximate surface area is 63.4 Å². The SMILES string of the molecule is CC(N(C)C#N)C(C)(C)C. The Morgan fingerprint density at radius 2 is 1.80 bits per heavy atom. The Kier molecular flexibility index (Phi) is 2.71. The molecule has 0 aromatic heterocycles. The summed E-state index contributed by atoms with van der Waals surface area (Å²) in [7, 11) is 1.82. The highest BCUT2D eigenvalue weighted by atomic mass is 15.1. The predicted molar refractivity (Wildman–Crippen MR) is 42.3 cm³/mol. The zero-order valence-corrected chi connectivity index (χ0v) is 7.47. The summed E-state index contributed by atoms with van der Waals surface area (Å²) in [6, 6.07) is 0.303. The van der Waals surface area contributed by atoms with Crippen molar-refractivity contribution < 1.29 is 0 Å². The van der Waals surface area contributed by atoms with Crippen molar-refractivity contribution in [2.24, 2.45) is 5.41 Å². The van der Waals surface area contributed by atoms with Gasteiger partial charge in [0.05, 0.1) is 0 Å². The van der Waals surface area contributed by atoms with Gasteiger partial charge in [-0.1, -0.05) is 20.8 Å². The van der Waals surface area contributed by atoms with E-state index in [1.54, 1.807) is 4.90 Å². The van der Waals surface area contributed by atoms with Gasteiger partial charge in [0, 0.05) is 13.1 Å². The quantitative estimate of drug-likeness (QED) is 0.410. The van der Waals surface area contributed by atoms with Gasteiger partial charge in [0.25, 0.3) is 0 Å². The fourth-order valence-electron chi connectivity index (χ4n) is 0.668. The fraction of sp³-hybridized carbons (Fsp3) is 0.875. The summed E-state index contributed by atoms with van der Waals surface area (Å²) in [5.74, 6) is 0. The van der Waals surface area contributed by atoms with Crippen molar-refractivity contribution in [1.82, 2.24) is 4.90 Å². The van der Waals surface area contributed by atoms with Crippen LogP contribution in [0, 0.1) is 16.9 Å². The molecule has 10 heavy (non-hydrogen) atoms. The first-order valence-corrected chi connectivity index (χ1v) is 3.52. The number of hydrogen-bond donors (Lipinski definition) is 0. The lowest BCUT2D eigenvalue weighted by molar-refractivity contribution is 0.196. The van der Waals surface area contributed by atoms with Gasteiger partial charge in [0.15, 0.2) is 6.19 Å². The lowest BCUT2D eigenvalue weighted by Crippen LogP contribution is -2.36. The summed E-state index contributed by atoms with van der Waals surface area (Å²) in [5, 5.41) is 8.54. The first-order chi connectivity index (χ1) is 4.39. The van der Waals surface area contributed by atoms with Crippen molar-refractivity contribution in [2.75, 3.05) is 7.05 Å². The normalized spacial score (nSPS) is 14.0. The van der Waals surface area contributed by atoms with E-state index < -0.39 is 0 Å². The minimum absolute atomic E-state index is 0.185. The van der Waals surface area contributed by atoms with Gasteiger partial charge in [-0.05, 0) is 12.3 Å². The minimum atomic E-state index is 0.185. The van der Waals surface area contributed by atoms with E-state index in [0.717, 1.165) is 0 Å². The Morgan fingerprint density at radius 1 is 1.40 bits per heavy atom. The first kappa shape index (κ1) is 9.29. The molecule has 0 heterocycles. The van der Waals surface area contributed by atoms with Crippen LogP contribution in [0.2, 0.25) is 0 Å². The van der Waals surface area contributed by atoms with Crippen molar-refractivity contribution in [3.05, 3.63) is 0 Å². The molecule has 0 saturated heterocycles. The fourth-order valence-corrected chi connectivity index (χ4v) is 0.668. The molecular formula is C8H16N2. The molecule has 1 atom stereocenters. The second-order valence-electron chi connectivity index (χ2n) is 3.75. The Morgan fingerprint density at radius 3 is 1.90 bits per heavy atom. The molecule has 0 rings (SSSR count). The van der Waals surface area contributed by atoms with Gasteiger partial charge >= 0.3 is 0 Å². The Balaban J connectivity index is 4.11. The molecule has 2 heteroatoms. The maximum absolute atomic E-state index is 8.54. The van der Waals surface area contributed by atoms with Crippen LogP contribution in [0.1, 0.15) is 27.7 Å². The standard InChI is InChI=1S/C8H16N2/c1-7(8(2,3)4)10(5)6-9/h7H,1-5H3. The molecule has 0 bridgehead atoms. The highest BCUT2D eigenvalue weighted by Crippen LogP contribution is 2.21. The Hall–Kier alpha value is -0.710. The van der Waals surface area contributed by atoms with Crippen LogP contribution in [-0.4, -0.2) is 18.0 Å². The van der Waals surface area contributed by atoms with Gasteiger partial charge in [0.1, 0.15) is 0 Å². The number of nitriles is 1.